The lowest BCUT2D eigenvalue weighted by molar-refractivity contribution is -0.161. The van der Waals surface area contributed by atoms with Gasteiger partial charge < -0.3 is 33.8 Å². The summed E-state index contributed by atoms with van der Waals surface area (Å²) in [6.07, 6.45) is 35.0. The number of hydrogen-bond donors (Lipinski definition) is 3. The summed E-state index contributed by atoms with van der Waals surface area (Å²) in [6, 6.07) is 0. The summed E-state index contributed by atoms with van der Waals surface area (Å²) in [5.74, 6) is -0.0336. The first-order chi connectivity index (χ1) is 39.2. The van der Waals surface area contributed by atoms with Crippen molar-refractivity contribution in [2.75, 3.05) is 39.6 Å². The first-order valence-corrected chi connectivity index (χ1v) is 35.8. The molecule has 17 nitrogen and oxygen atoms in total. The summed E-state index contributed by atoms with van der Waals surface area (Å²) >= 11 is 0. The Kier molecular flexibility index (Phi) is 53.2. The number of ether oxygens (including phenoxy) is 4. The summed E-state index contributed by atoms with van der Waals surface area (Å²) in [5.41, 5.74) is 0. The number of unbranched alkanes of at least 4 members (excludes halogenated alkanes) is 29. The van der Waals surface area contributed by atoms with Gasteiger partial charge in [0.1, 0.15) is 19.3 Å². The van der Waals surface area contributed by atoms with Crippen molar-refractivity contribution in [3.05, 3.63) is 0 Å². The second-order valence-electron chi connectivity index (χ2n) is 24.2. The third kappa shape index (κ3) is 57.2. The molecular formula is C63H122O17P2. The van der Waals surface area contributed by atoms with Crippen molar-refractivity contribution < 1.29 is 80.2 Å². The van der Waals surface area contributed by atoms with E-state index in [1.54, 1.807) is 0 Å². The first kappa shape index (κ1) is 80.1. The molecule has 0 saturated heterocycles. The van der Waals surface area contributed by atoms with Crippen LogP contribution in [0.5, 0.6) is 0 Å². The minimum Gasteiger partial charge on any atom is -0.462 e. The molecule has 0 aliphatic carbocycles. The van der Waals surface area contributed by atoms with Gasteiger partial charge >= 0.3 is 39.5 Å². The third-order valence-electron chi connectivity index (χ3n) is 14.4. The quantitative estimate of drug-likeness (QED) is 0.0222. The van der Waals surface area contributed by atoms with Crippen LogP contribution in [-0.2, 0) is 65.4 Å². The molecule has 0 aromatic rings. The van der Waals surface area contributed by atoms with Gasteiger partial charge in [-0.05, 0) is 43.4 Å². The van der Waals surface area contributed by atoms with Crippen LogP contribution in [0.4, 0.5) is 0 Å². The normalized spacial score (nSPS) is 14.4. The zero-order valence-corrected chi connectivity index (χ0v) is 54.7. The maximum Gasteiger partial charge on any atom is 0.472 e. The van der Waals surface area contributed by atoms with E-state index >= 15 is 0 Å². The van der Waals surface area contributed by atoms with Gasteiger partial charge in [-0.15, -0.1) is 0 Å². The Morgan fingerprint density at radius 3 is 0.829 bits per heavy atom. The summed E-state index contributed by atoms with van der Waals surface area (Å²) in [4.78, 5) is 72.1. The van der Waals surface area contributed by atoms with E-state index < -0.39 is 97.5 Å². The largest absolute Gasteiger partial charge is 0.472 e. The van der Waals surface area contributed by atoms with Crippen LogP contribution in [0.25, 0.3) is 0 Å². The Labute approximate surface area is 498 Å². The monoisotopic (exact) mass is 1210 g/mol. The third-order valence-corrected chi connectivity index (χ3v) is 16.3. The Morgan fingerprint density at radius 1 is 0.329 bits per heavy atom. The molecule has 0 rings (SSSR count). The van der Waals surface area contributed by atoms with Crippen molar-refractivity contribution in [1.82, 2.24) is 0 Å². The number of phosphoric ester groups is 2. The lowest BCUT2D eigenvalue weighted by Gasteiger charge is -2.21. The van der Waals surface area contributed by atoms with Crippen LogP contribution < -0.4 is 0 Å². The number of hydrogen-bond acceptors (Lipinski definition) is 15. The number of esters is 4. The molecule has 0 aliphatic rings. The number of aliphatic hydroxyl groups excluding tert-OH is 1. The molecular weight excluding hydrogens is 1090 g/mol. The van der Waals surface area contributed by atoms with E-state index in [-0.39, 0.29) is 25.7 Å². The standard InChI is InChI=1S/C63H122O17P2/c1-8-9-10-11-12-13-14-15-16-23-32-39-46-62(67)79-58(50-73-60(65)44-37-30-24-17-20-27-34-41-54(2)3)52-77-81(69,70)75-48-57(64)49-76-82(71,72)78-53-59(80-63(68)47-40-33-26-19-22-29-36-43-56(6)7)51-74-61(66)45-38-31-25-18-21-28-35-42-55(4)5/h54-59,64H,8-53H2,1-7H3,(H,69,70)(H,71,72)/t57-,58-,59-/m1/s1. The zero-order chi connectivity index (χ0) is 61.0. The highest BCUT2D eigenvalue weighted by molar-refractivity contribution is 7.47. The van der Waals surface area contributed by atoms with Crippen molar-refractivity contribution in [3.63, 3.8) is 0 Å². The van der Waals surface area contributed by atoms with Gasteiger partial charge in [0.05, 0.1) is 26.4 Å². The van der Waals surface area contributed by atoms with E-state index in [2.05, 4.69) is 48.5 Å². The molecule has 0 amide bonds. The van der Waals surface area contributed by atoms with Gasteiger partial charge in [0.15, 0.2) is 12.2 Å². The average molecular weight is 1210 g/mol. The second kappa shape index (κ2) is 54.5. The minimum absolute atomic E-state index is 0.102. The molecule has 0 bridgehead atoms. The molecule has 3 N–H and O–H groups in total. The van der Waals surface area contributed by atoms with Crippen LogP contribution in [0.15, 0.2) is 0 Å². The van der Waals surface area contributed by atoms with Crippen molar-refractivity contribution in [2.24, 2.45) is 17.8 Å². The van der Waals surface area contributed by atoms with E-state index in [0.29, 0.717) is 43.4 Å². The van der Waals surface area contributed by atoms with Crippen LogP contribution >= 0.6 is 15.6 Å². The highest BCUT2D eigenvalue weighted by Crippen LogP contribution is 2.45. The molecule has 0 radical (unpaired) electrons. The molecule has 82 heavy (non-hydrogen) atoms. The Morgan fingerprint density at radius 2 is 0.561 bits per heavy atom. The fourth-order valence-corrected chi connectivity index (χ4v) is 10.9. The first-order valence-electron chi connectivity index (χ1n) is 32.8. The smallest absolute Gasteiger partial charge is 0.462 e. The van der Waals surface area contributed by atoms with Crippen LogP contribution in [0.2, 0.25) is 0 Å². The fourth-order valence-electron chi connectivity index (χ4n) is 9.30. The van der Waals surface area contributed by atoms with Crippen LogP contribution in [0.1, 0.15) is 305 Å². The van der Waals surface area contributed by atoms with Gasteiger partial charge in [0.2, 0.25) is 0 Å². The SMILES string of the molecule is CCCCCCCCCCCCCCC(=O)O[C@H](COC(=O)CCCCCCCCCC(C)C)COP(=O)(O)OC[C@@H](O)COP(=O)(O)OC[C@@H](COC(=O)CCCCCCCCCC(C)C)OC(=O)CCCCCCCCCC(C)C. The summed E-state index contributed by atoms with van der Waals surface area (Å²) in [5, 5.41) is 10.5. The maximum absolute atomic E-state index is 13.0. The Hall–Kier alpha value is -1.94. The molecule has 5 atom stereocenters. The number of aliphatic hydroxyl groups is 1. The van der Waals surface area contributed by atoms with Crippen molar-refractivity contribution in [3.8, 4) is 0 Å². The summed E-state index contributed by atoms with van der Waals surface area (Å²) < 4.78 is 67.9. The van der Waals surface area contributed by atoms with Gasteiger partial charge in [-0.1, -0.05) is 254 Å². The fraction of sp³-hybridized carbons (Fsp3) is 0.937. The molecule has 0 heterocycles. The maximum atomic E-state index is 13.0. The lowest BCUT2D eigenvalue weighted by Crippen LogP contribution is -2.30. The number of phosphoric acid groups is 2. The van der Waals surface area contributed by atoms with Gasteiger partial charge in [0.25, 0.3) is 0 Å². The van der Waals surface area contributed by atoms with Gasteiger partial charge in [-0.2, -0.15) is 0 Å². The molecule has 0 fully saturated rings. The summed E-state index contributed by atoms with van der Waals surface area (Å²) in [6.45, 7) is 11.6. The van der Waals surface area contributed by atoms with E-state index in [4.69, 9.17) is 37.0 Å². The number of rotatable bonds is 61. The van der Waals surface area contributed by atoms with Crippen LogP contribution in [-0.4, -0.2) is 96.7 Å². The predicted molar refractivity (Wildman–Crippen MR) is 326 cm³/mol. The zero-order valence-electron chi connectivity index (χ0n) is 52.9. The molecule has 0 saturated carbocycles. The minimum atomic E-state index is -4.94. The highest BCUT2D eigenvalue weighted by atomic mass is 31.2. The highest BCUT2D eigenvalue weighted by Gasteiger charge is 2.30. The molecule has 19 heteroatoms. The van der Waals surface area contributed by atoms with Crippen LogP contribution in [0, 0.1) is 17.8 Å². The molecule has 0 aliphatic heterocycles. The van der Waals surface area contributed by atoms with E-state index in [9.17, 15) is 43.2 Å². The number of carbonyl (C=O) groups is 4. The topological polar surface area (TPSA) is 237 Å². The van der Waals surface area contributed by atoms with Crippen LogP contribution in [0.3, 0.4) is 0 Å². The second-order valence-corrected chi connectivity index (χ2v) is 27.1. The Balaban J connectivity index is 5.25. The van der Waals surface area contributed by atoms with Gasteiger partial charge in [0, 0.05) is 25.7 Å². The van der Waals surface area contributed by atoms with Crippen molar-refractivity contribution in [2.45, 2.75) is 324 Å². The Bertz CT molecular complexity index is 1630. The molecule has 2 unspecified atom stereocenters. The molecule has 0 spiro atoms. The van der Waals surface area contributed by atoms with Gasteiger partial charge in [-0.3, -0.25) is 37.3 Å². The number of carbonyl (C=O) groups excluding carboxylic acids is 4. The van der Waals surface area contributed by atoms with E-state index in [0.717, 1.165) is 103 Å². The average Bonchev–Trinajstić information content (AvgIpc) is 3.44. The molecule has 0 aromatic carbocycles. The predicted octanol–water partition coefficient (Wildman–Crippen LogP) is 17.1. The van der Waals surface area contributed by atoms with Gasteiger partial charge in [-0.25, -0.2) is 9.13 Å². The van der Waals surface area contributed by atoms with Crippen molar-refractivity contribution >= 4 is 39.5 Å². The lowest BCUT2D eigenvalue weighted by atomic mass is 10.0. The molecule has 0 aromatic heterocycles. The van der Waals surface area contributed by atoms with Crippen molar-refractivity contribution in [1.29, 1.82) is 0 Å². The summed E-state index contributed by atoms with van der Waals surface area (Å²) in [7, 11) is -9.88. The van der Waals surface area contributed by atoms with E-state index in [1.807, 2.05) is 0 Å². The molecule has 486 valence electrons. The van der Waals surface area contributed by atoms with E-state index in [1.165, 1.54) is 103 Å².